The Bertz CT molecular complexity index is 3400. The molecule has 4 aliphatic rings. The van der Waals surface area contributed by atoms with Crippen molar-refractivity contribution in [3.63, 3.8) is 0 Å². The summed E-state index contributed by atoms with van der Waals surface area (Å²) in [6.45, 7) is 9.66. The number of benzene rings is 4. The van der Waals surface area contributed by atoms with Gasteiger partial charge in [0.2, 0.25) is 11.8 Å². The molecule has 70 heavy (non-hydrogen) atoms. The molecule has 0 radical (unpaired) electrons. The van der Waals surface area contributed by atoms with Crippen LogP contribution in [0.5, 0.6) is 5.75 Å². The van der Waals surface area contributed by atoms with Crippen LogP contribution in [-0.4, -0.2) is 95.0 Å². The van der Waals surface area contributed by atoms with Crippen LogP contribution in [0, 0.1) is 19.3 Å². The van der Waals surface area contributed by atoms with E-state index in [0.29, 0.717) is 40.1 Å². The van der Waals surface area contributed by atoms with Crippen LogP contribution < -0.4 is 20.7 Å². The third kappa shape index (κ3) is 7.92. The summed E-state index contributed by atoms with van der Waals surface area (Å²) in [6, 6.07) is 17.2. The summed E-state index contributed by atoms with van der Waals surface area (Å²) in [7, 11) is 1.93. The number of hydrogen-bond donors (Lipinski definition) is 4. The number of carbonyl (C=O) groups is 5. The molecule has 6 amide bonds. The van der Waals surface area contributed by atoms with Crippen molar-refractivity contribution in [3.8, 4) is 28.1 Å². The number of amides is 6. The van der Waals surface area contributed by atoms with Crippen LogP contribution in [0.3, 0.4) is 0 Å². The van der Waals surface area contributed by atoms with Gasteiger partial charge < -0.3 is 25.2 Å². The average Bonchev–Trinajstić information content (AvgIpc) is 4.08. The number of aromatic nitrogens is 6. The van der Waals surface area contributed by atoms with Crippen molar-refractivity contribution < 1.29 is 28.7 Å². The van der Waals surface area contributed by atoms with Crippen LogP contribution in [0.25, 0.3) is 44.2 Å². The lowest BCUT2D eigenvalue weighted by atomic mass is 9.60. The number of rotatable bonds is 11. The predicted molar refractivity (Wildman–Crippen MR) is 263 cm³/mol. The highest BCUT2D eigenvalue weighted by Crippen LogP contribution is 2.56. The van der Waals surface area contributed by atoms with Crippen LogP contribution in [0.2, 0.25) is 10.0 Å². The van der Waals surface area contributed by atoms with Crippen molar-refractivity contribution in [1.82, 2.24) is 50.2 Å². The number of likely N-dealkylation sites (tertiary alicyclic amines) is 1. The molecular weight excluding hydrogens is 934 g/mol. The van der Waals surface area contributed by atoms with E-state index in [2.05, 4.69) is 67.6 Å². The molecule has 19 heteroatoms. The molecule has 6 heterocycles. The van der Waals surface area contributed by atoms with Gasteiger partial charge in [0.15, 0.2) is 0 Å². The Morgan fingerprint density at radius 3 is 2.60 bits per heavy atom. The van der Waals surface area contributed by atoms with Gasteiger partial charge in [-0.25, -0.2) is 4.79 Å². The quantitative estimate of drug-likeness (QED) is 0.0738. The van der Waals surface area contributed by atoms with E-state index >= 15 is 0 Å². The van der Waals surface area contributed by atoms with E-state index in [4.69, 9.17) is 33.0 Å². The molecular formula is C51H47Cl2N11O6. The lowest BCUT2D eigenvalue weighted by molar-refractivity contribution is -0.150. The van der Waals surface area contributed by atoms with Crippen molar-refractivity contribution in [2.24, 2.45) is 12.5 Å². The topological polar surface area (TPSA) is 201 Å². The zero-order chi connectivity index (χ0) is 48.7. The molecule has 3 fully saturated rings. The van der Waals surface area contributed by atoms with Crippen LogP contribution in [0.15, 0.2) is 85.2 Å². The van der Waals surface area contributed by atoms with Crippen LogP contribution in [0.1, 0.15) is 64.5 Å². The van der Waals surface area contributed by atoms with Gasteiger partial charge in [0, 0.05) is 106 Å². The van der Waals surface area contributed by atoms with E-state index in [-0.39, 0.29) is 67.3 Å². The summed E-state index contributed by atoms with van der Waals surface area (Å²) in [5.41, 5.74) is 10.1. The van der Waals surface area contributed by atoms with E-state index in [1.807, 2.05) is 48.1 Å². The molecule has 4 aromatic carbocycles. The fourth-order valence-electron chi connectivity index (χ4n) is 10.7. The van der Waals surface area contributed by atoms with Crippen LogP contribution in [-0.2, 0) is 34.5 Å². The van der Waals surface area contributed by atoms with Crippen LogP contribution in [0.4, 0.5) is 10.5 Å². The zero-order valence-corrected chi connectivity index (χ0v) is 40.0. The van der Waals surface area contributed by atoms with Gasteiger partial charge in [0.05, 0.1) is 34.5 Å². The van der Waals surface area contributed by atoms with E-state index in [1.54, 1.807) is 30.3 Å². The summed E-state index contributed by atoms with van der Waals surface area (Å²) in [6.07, 6.45) is 5.84. The van der Waals surface area contributed by atoms with Crippen LogP contribution >= 0.6 is 23.2 Å². The SMILES string of the molecule is C=C(COc1cc(Cl)cc(NC(=O)NCc2ccc3c(c2)CN(C2CCC(=O)NC2=O)C3=O)c1)C(=O)N1CC2(CC(n3nc(-c4ccc5c(cnn5C)c4)c(-c4c(Cl)c(C)cc5[nH]ncc45)c3C)C2)C1. The molecule has 1 atom stereocenters. The number of imide groups is 1. The molecule has 1 spiro atoms. The van der Waals surface area contributed by atoms with Gasteiger partial charge in [-0.05, 0) is 86.2 Å². The Kier molecular flexibility index (Phi) is 11.0. The Morgan fingerprint density at radius 2 is 1.80 bits per heavy atom. The number of nitrogens with one attached hydrogen (secondary N) is 4. The largest absolute Gasteiger partial charge is 0.489 e. The summed E-state index contributed by atoms with van der Waals surface area (Å²) < 4.78 is 9.97. The number of fused-ring (bicyclic) bond motifs is 3. The third-order valence-corrected chi connectivity index (χ3v) is 14.9. The Morgan fingerprint density at radius 1 is 0.986 bits per heavy atom. The van der Waals surface area contributed by atoms with Gasteiger partial charge in [-0.1, -0.05) is 48.0 Å². The van der Waals surface area contributed by atoms with Crippen molar-refractivity contribution in [2.45, 2.75) is 64.7 Å². The minimum Gasteiger partial charge on any atom is -0.489 e. The molecule has 17 nitrogen and oxygen atoms in total. The van der Waals surface area contributed by atoms with Crippen molar-refractivity contribution >= 4 is 80.4 Å². The number of aromatic amines is 1. The first-order valence-corrected chi connectivity index (χ1v) is 23.7. The standard InChI is InChI=1S/C51H47Cl2N11O6/c1-26-11-39-38(21-55-59-39)44(45(26)53)43-28(3)64(60-46(43)30-6-8-40-31(13-30)20-56-61(40)4)35-17-51(18-35)24-62(25-51)48(67)27(2)23-70-36-15-33(52)14-34(16-36)57-50(69)54-19-29-5-7-37-32(12-29)22-63(49(37)68)41-9-10-42(65)58-47(41)66/h5-8,11-16,20-21,35,41H,2,9-10,17-19,22-25H2,1,3-4H3,(H,55,59)(H2,54,57,69)(H,58,65,66). The molecule has 7 aromatic rings. The monoisotopic (exact) mass is 979 g/mol. The molecule has 3 aliphatic heterocycles. The maximum atomic E-state index is 13.6. The van der Waals surface area contributed by atoms with Crippen molar-refractivity contribution in [2.75, 3.05) is 25.0 Å². The molecule has 2 saturated heterocycles. The molecule has 1 aliphatic carbocycles. The number of H-pyrrole nitrogens is 1. The molecule has 1 unspecified atom stereocenters. The number of ether oxygens (including phenoxy) is 1. The van der Waals surface area contributed by atoms with Gasteiger partial charge in [-0.2, -0.15) is 15.3 Å². The van der Waals surface area contributed by atoms with E-state index < -0.39 is 18.0 Å². The molecule has 0 bridgehead atoms. The third-order valence-electron chi connectivity index (χ3n) is 14.2. The predicted octanol–water partition coefficient (Wildman–Crippen LogP) is 7.79. The second-order valence-electron chi connectivity index (χ2n) is 19.0. The number of nitrogens with zero attached hydrogens (tertiary/aromatic N) is 7. The number of hydrogen-bond acceptors (Lipinski definition) is 9. The zero-order valence-electron chi connectivity index (χ0n) is 38.5. The molecule has 4 N–H and O–H groups in total. The number of carbonyl (C=O) groups excluding carboxylic acids is 5. The first kappa shape index (κ1) is 45.0. The minimum absolute atomic E-state index is 0.0276. The van der Waals surface area contributed by atoms with Gasteiger partial charge in [-0.15, -0.1) is 0 Å². The van der Waals surface area contributed by atoms with Gasteiger partial charge in [0.1, 0.15) is 24.1 Å². The summed E-state index contributed by atoms with van der Waals surface area (Å²) in [5.74, 6) is -0.926. The van der Waals surface area contributed by atoms with Gasteiger partial charge in [0.25, 0.3) is 11.8 Å². The number of piperidine rings is 1. The van der Waals surface area contributed by atoms with E-state index in [0.717, 1.165) is 79.4 Å². The number of anilines is 1. The average molecular weight is 981 g/mol. The maximum absolute atomic E-state index is 13.6. The second kappa shape index (κ2) is 17.2. The number of aryl methyl sites for hydroxylation is 2. The Balaban J connectivity index is 0.697. The number of halogens is 2. The smallest absolute Gasteiger partial charge is 0.319 e. The fourth-order valence-corrected chi connectivity index (χ4v) is 11.2. The Hall–Kier alpha value is -7.50. The Labute approximate surface area is 411 Å². The highest BCUT2D eigenvalue weighted by atomic mass is 35.5. The van der Waals surface area contributed by atoms with Crippen molar-refractivity contribution in [1.29, 1.82) is 0 Å². The van der Waals surface area contributed by atoms with E-state index in [9.17, 15) is 24.0 Å². The lowest BCUT2D eigenvalue weighted by Crippen LogP contribution is -2.64. The molecule has 11 rings (SSSR count). The highest BCUT2D eigenvalue weighted by molar-refractivity contribution is 6.36. The first-order chi connectivity index (χ1) is 33.6. The maximum Gasteiger partial charge on any atom is 0.319 e. The van der Waals surface area contributed by atoms with Gasteiger partial charge >= 0.3 is 6.03 Å². The van der Waals surface area contributed by atoms with Gasteiger partial charge in [-0.3, -0.25) is 39.0 Å². The first-order valence-electron chi connectivity index (χ1n) is 23.0. The minimum atomic E-state index is -0.711. The summed E-state index contributed by atoms with van der Waals surface area (Å²) >= 11 is 13.6. The summed E-state index contributed by atoms with van der Waals surface area (Å²) in [5, 5.41) is 28.1. The molecule has 356 valence electrons. The lowest BCUT2D eigenvalue weighted by Gasteiger charge is -2.59. The van der Waals surface area contributed by atoms with E-state index in [1.165, 1.54) is 4.90 Å². The molecule has 1 saturated carbocycles. The summed E-state index contributed by atoms with van der Waals surface area (Å²) in [4.78, 5) is 67.0. The number of urea groups is 1. The van der Waals surface area contributed by atoms with Crippen molar-refractivity contribution in [3.05, 3.63) is 123 Å². The fraction of sp³-hybridized carbons (Fsp3) is 0.294. The second-order valence-corrected chi connectivity index (χ2v) is 19.8. The highest BCUT2D eigenvalue weighted by Gasteiger charge is 2.55. The normalized spacial score (nSPS) is 17.4. The molecule has 3 aromatic heterocycles.